The molecule has 2 aromatic rings. The molecule has 0 aromatic heterocycles. The number of methoxy groups -OCH3 is 1. The van der Waals surface area contributed by atoms with E-state index in [0.717, 1.165) is 29.5 Å². The molecule has 3 heteroatoms. The molecule has 0 atom stereocenters. The second-order valence-corrected chi connectivity index (χ2v) is 8.01. The molecule has 0 saturated carbocycles. The fourth-order valence-corrected chi connectivity index (χ4v) is 3.58. The first kappa shape index (κ1) is 22.3. The second-order valence-electron chi connectivity index (χ2n) is 8.01. The third-order valence-corrected chi connectivity index (χ3v) is 5.22. The van der Waals surface area contributed by atoms with Crippen LogP contribution < -0.4 is 4.74 Å². The van der Waals surface area contributed by atoms with Crippen LogP contribution in [-0.4, -0.2) is 19.7 Å². The van der Waals surface area contributed by atoms with Crippen LogP contribution in [0.4, 0.5) is 0 Å². The van der Waals surface area contributed by atoms with Crippen LogP contribution in [0.25, 0.3) is 10.8 Å². The standard InChI is InChI=1S/C25H36O3/c1-20(2)14-10-8-6-4-5-7-9-13-19-28-25(26)24-22-16-12-11-15-21(22)17-18-23(24)27-3/h11-12,15-18,20H,4-10,13-14,19H2,1-3H3. The van der Waals surface area contributed by atoms with Crippen LogP contribution in [0, 0.1) is 5.92 Å². The van der Waals surface area contributed by atoms with Crippen molar-refractivity contribution in [2.45, 2.75) is 71.6 Å². The zero-order valence-corrected chi connectivity index (χ0v) is 17.8. The molecule has 2 aromatic carbocycles. The smallest absolute Gasteiger partial charge is 0.342 e. The van der Waals surface area contributed by atoms with Gasteiger partial charge in [0.1, 0.15) is 11.3 Å². The lowest BCUT2D eigenvalue weighted by Crippen LogP contribution is -2.09. The number of esters is 1. The summed E-state index contributed by atoms with van der Waals surface area (Å²) in [5, 5.41) is 1.90. The molecule has 154 valence electrons. The number of rotatable bonds is 13. The molecule has 0 aliphatic carbocycles. The van der Waals surface area contributed by atoms with Gasteiger partial charge in [0.2, 0.25) is 0 Å². The second kappa shape index (κ2) is 12.4. The summed E-state index contributed by atoms with van der Waals surface area (Å²) in [6, 6.07) is 11.6. The zero-order valence-electron chi connectivity index (χ0n) is 17.8. The summed E-state index contributed by atoms with van der Waals surface area (Å²) >= 11 is 0. The van der Waals surface area contributed by atoms with Crippen molar-refractivity contribution in [3.05, 3.63) is 42.0 Å². The van der Waals surface area contributed by atoms with Crippen LogP contribution >= 0.6 is 0 Å². The maximum atomic E-state index is 12.6. The van der Waals surface area contributed by atoms with Gasteiger partial charge in [-0.25, -0.2) is 4.79 Å². The molecule has 3 nitrogen and oxygen atoms in total. The van der Waals surface area contributed by atoms with E-state index in [1.54, 1.807) is 7.11 Å². The third-order valence-electron chi connectivity index (χ3n) is 5.22. The van der Waals surface area contributed by atoms with Crippen LogP contribution in [0.5, 0.6) is 5.75 Å². The van der Waals surface area contributed by atoms with E-state index < -0.39 is 0 Å². The lowest BCUT2D eigenvalue weighted by molar-refractivity contribution is 0.0496. The quantitative estimate of drug-likeness (QED) is 0.271. The summed E-state index contributed by atoms with van der Waals surface area (Å²) < 4.78 is 10.9. The Hall–Kier alpha value is -2.03. The average Bonchev–Trinajstić information content (AvgIpc) is 2.70. The number of hydrogen-bond donors (Lipinski definition) is 0. The molecule has 2 rings (SSSR count). The van der Waals surface area contributed by atoms with Crippen molar-refractivity contribution >= 4 is 16.7 Å². The molecular formula is C25H36O3. The lowest BCUT2D eigenvalue weighted by Gasteiger charge is -2.12. The van der Waals surface area contributed by atoms with Gasteiger partial charge in [0.05, 0.1) is 13.7 Å². The number of ether oxygens (including phenoxy) is 2. The highest BCUT2D eigenvalue weighted by Gasteiger charge is 2.17. The molecule has 0 radical (unpaired) electrons. The number of fused-ring (bicyclic) bond motifs is 1. The molecule has 0 aliphatic heterocycles. The van der Waals surface area contributed by atoms with E-state index in [-0.39, 0.29) is 5.97 Å². The Morgan fingerprint density at radius 1 is 0.857 bits per heavy atom. The van der Waals surface area contributed by atoms with Crippen molar-refractivity contribution in [2.24, 2.45) is 5.92 Å². The minimum Gasteiger partial charge on any atom is -0.496 e. The molecule has 0 bridgehead atoms. The first-order valence-corrected chi connectivity index (χ1v) is 10.9. The Morgan fingerprint density at radius 2 is 1.50 bits per heavy atom. The largest absolute Gasteiger partial charge is 0.496 e. The summed E-state index contributed by atoms with van der Waals surface area (Å²) in [5.74, 6) is 1.11. The molecule has 0 saturated heterocycles. The topological polar surface area (TPSA) is 35.5 Å². The van der Waals surface area contributed by atoms with Crippen molar-refractivity contribution in [2.75, 3.05) is 13.7 Å². The van der Waals surface area contributed by atoms with Gasteiger partial charge in [-0.15, -0.1) is 0 Å². The third kappa shape index (κ3) is 7.18. The Kier molecular flexibility index (Phi) is 9.88. The molecule has 0 heterocycles. The normalized spacial score (nSPS) is 11.1. The van der Waals surface area contributed by atoms with Crippen LogP contribution in [-0.2, 0) is 4.74 Å². The van der Waals surface area contributed by atoms with Gasteiger partial charge >= 0.3 is 5.97 Å². The van der Waals surface area contributed by atoms with Gasteiger partial charge in [-0.2, -0.15) is 0 Å². The van der Waals surface area contributed by atoms with Crippen LogP contribution in [0.15, 0.2) is 36.4 Å². The van der Waals surface area contributed by atoms with Crippen LogP contribution in [0.1, 0.15) is 82.0 Å². The molecule has 0 N–H and O–H groups in total. The highest BCUT2D eigenvalue weighted by molar-refractivity contribution is 6.07. The van der Waals surface area contributed by atoms with E-state index in [0.29, 0.717) is 17.9 Å². The van der Waals surface area contributed by atoms with Gasteiger partial charge in [0.15, 0.2) is 0 Å². The van der Waals surface area contributed by atoms with Gasteiger partial charge in [-0.1, -0.05) is 95.5 Å². The fourth-order valence-electron chi connectivity index (χ4n) is 3.58. The number of benzene rings is 2. The average molecular weight is 385 g/mol. The van der Waals surface area contributed by atoms with Gasteiger partial charge in [-0.3, -0.25) is 0 Å². The van der Waals surface area contributed by atoms with Gasteiger partial charge in [-0.05, 0) is 29.2 Å². The Balaban J connectivity index is 1.66. The fraction of sp³-hybridized carbons (Fsp3) is 0.560. The molecule has 0 spiro atoms. The van der Waals surface area contributed by atoms with Gasteiger partial charge < -0.3 is 9.47 Å². The molecule has 0 fully saturated rings. The molecule has 0 amide bonds. The monoisotopic (exact) mass is 384 g/mol. The maximum absolute atomic E-state index is 12.6. The Labute approximate surface area is 170 Å². The molecule has 28 heavy (non-hydrogen) atoms. The number of carbonyl (C=O) groups excluding carboxylic acids is 1. The number of hydrogen-bond acceptors (Lipinski definition) is 3. The van der Waals surface area contributed by atoms with E-state index in [1.165, 1.54) is 44.9 Å². The Morgan fingerprint density at radius 3 is 2.18 bits per heavy atom. The summed E-state index contributed by atoms with van der Waals surface area (Å²) in [6.07, 6.45) is 11.3. The van der Waals surface area contributed by atoms with Crippen molar-refractivity contribution in [1.82, 2.24) is 0 Å². The van der Waals surface area contributed by atoms with E-state index in [2.05, 4.69) is 13.8 Å². The minimum absolute atomic E-state index is 0.293. The van der Waals surface area contributed by atoms with Gasteiger partial charge in [0.25, 0.3) is 0 Å². The molecule has 0 aliphatic rings. The van der Waals surface area contributed by atoms with Gasteiger partial charge in [0, 0.05) is 0 Å². The maximum Gasteiger partial charge on any atom is 0.342 e. The summed E-state index contributed by atoms with van der Waals surface area (Å²) in [7, 11) is 1.59. The highest BCUT2D eigenvalue weighted by atomic mass is 16.5. The minimum atomic E-state index is -0.293. The van der Waals surface area contributed by atoms with E-state index in [1.807, 2.05) is 36.4 Å². The summed E-state index contributed by atoms with van der Waals surface area (Å²) in [6.45, 7) is 5.06. The first-order valence-electron chi connectivity index (χ1n) is 10.9. The van der Waals surface area contributed by atoms with Crippen LogP contribution in [0.2, 0.25) is 0 Å². The van der Waals surface area contributed by atoms with Crippen LogP contribution in [0.3, 0.4) is 0 Å². The predicted molar refractivity (Wildman–Crippen MR) is 117 cm³/mol. The number of unbranched alkanes of at least 4 members (excludes halogenated alkanes) is 7. The van der Waals surface area contributed by atoms with Crippen molar-refractivity contribution in [3.63, 3.8) is 0 Å². The first-order chi connectivity index (χ1) is 13.6. The zero-order chi connectivity index (χ0) is 20.2. The summed E-state index contributed by atoms with van der Waals surface area (Å²) in [5.41, 5.74) is 0.530. The summed E-state index contributed by atoms with van der Waals surface area (Å²) in [4.78, 5) is 12.6. The SMILES string of the molecule is COc1ccc2ccccc2c1C(=O)OCCCCCCCCCCC(C)C. The number of carbonyl (C=O) groups is 1. The van der Waals surface area contributed by atoms with Crippen molar-refractivity contribution in [3.8, 4) is 5.75 Å². The Bertz CT molecular complexity index is 721. The predicted octanol–water partition coefficient (Wildman–Crippen LogP) is 7.17. The van der Waals surface area contributed by atoms with E-state index in [9.17, 15) is 4.79 Å². The lowest BCUT2D eigenvalue weighted by atomic mass is 10.0. The molecule has 0 unspecified atom stereocenters. The van der Waals surface area contributed by atoms with E-state index >= 15 is 0 Å². The van der Waals surface area contributed by atoms with E-state index in [4.69, 9.17) is 9.47 Å². The molecular weight excluding hydrogens is 348 g/mol. The van der Waals surface area contributed by atoms with Crippen molar-refractivity contribution in [1.29, 1.82) is 0 Å². The van der Waals surface area contributed by atoms with Crippen molar-refractivity contribution < 1.29 is 14.3 Å². The highest BCUT2D eigenvalue weighted by Crippen LogP contribution is 2.28.